The van der Waals surface area contributed by atoms with E-state index in [9.17, 15) is 9.59 Å². The Morgan fingerprint density at radius 1 is 1.54 bits per heavy atom. The molecule has 0 aromatic carbocycles. The summed E-state index contributed by atoms with van der Waals surface area (Å²) < 4.78 is 1.07. The van der Waals surface area contributed by atoms with E-state index in [1.165, 1.54) is 6.07 Å². The van der Waals surface area contributed by atoms with E-state index in [2.05, 4.69) is 0 Å². The SMILES string of the molecule is Cc1cc(O)cc(=O)n1CC(=O)O. The van der Waals surface area contributed by atoms with Crippen LogP contribution in [0.1, 0.15) is 5.69 Å². The first kappa shape index (κ1) is 9.31. The molecule has 0 aliphatic rings. The summed E-state index contributed by atoms with van der Waals surface area (Å²) in [6.07, 6.45) is 0. The van der Waals surface area contributed by atoms with Gasteiger partial charge in [-0.05, 0) is 13.0 Å². The van der Waals surface area contributed by atoms with Crippen molar-refractivity contribution >= 4 is 5.97 Å². The minimum absolute atomic E-state index is 0.149. The minimum Gasteiger partial charge on any atom is -0.508 e. The maximum absolute atomic E-state index is 11.1. The predicted molar refractivity (Wildman–Crippen MR) is 44.7 cm³/mol. The first-order valence-corrected chi connectivity index (χ1v) is 3.63. The van der Waals surface area contributed by atoms with E-state index in [0.29, 0.717) is 5.69 Å². The van der Waals surface area contributed by atoms with Gasteiger partial charge in [0.05, 0.1) is 0 Å². The number of aryl methyl sites for hydroxylation is 1. The van der Waals surface area contributed by atoms with Crippen LogP contribution in [0.2, 0.25) is 0 Å². The third-order valence-corrected chi connectivity index (χ3v) is 1.61. The number of hydrogen-bond acceptors (Lipinski definition) is 3. The summed E-state index contributed by atoms with van der Waals surface area (Å²) in [7, 11) is 0. The molecular formula is C8H9NO4. The molecule has 1 heterocycles. The van der Waals surface area contributed by atoms with E-state index in [0.717, 1.165) is 10.6 Å². The van der Waals surface area contributed by atoms with E-state index in [4.69, 9.17) is 10.2 Å². The molecule has 0 saturated heterocycles. The fourth-order valence-corrected chi connectivity index (χ4v) is 1.05. The quantitative estimate of drug-likeness (QED) is 0.673. The molecule has 1 aromatic heterocycles. The van der Waals surface area contributed by atoms with Crippen LogP contribution in [0.15, 0.2) is 16.9 Å². The molecule has 1 aromatic rings. The van der Waals surface area contributed by atoms with Gasteiger partial charge in [0.15, 0.2) is 0 Å². The molecule has 5 nitrogen and oxygen atoms in total. The molecule has 13 heavy (non-hydrogen) atoms. The van der Waals surface area contributed by atoms with E-state index in [1.807, 2.05) is 0 Å². The Morgan fingerprint density at radius 3 is 2.62 bits per heavy atom. The molecule has 1 rings (SSSR count). The summed E-state index contributed by atoms with van der Waals surface area (Å²) in [5.41, 5.74) is -0.0905. The number of carboxylic acid groups (broad SMARTS) is 1. The lowest BCUT2D eigenvalue weighted by atomic mass is 10.3. The van der Waals surface area contributed by atoms with Crippen LogP contribution in [0.25, 0.3) is 0 Å². The van der Waals surface area contributed by atoms with Gasteiger partial charge in [-0.3, -0.25) is 9.59 Å². The lowest BCUT2D eigenvalue weighted by molar-refractivity contribution is -0.137. The smallest absolute Gasteiger partial charge is 0.323 e. The Labute approximate surface area is 73.9 Å². The Bertz CT molecular complexity index is 394. The molecule has 0 radical (unpaired) electrons. The maximum atomic E-state index is 11.1. The first-order chi connectivity index (χ1) is 6.00. The second-order valence-corrected chi connectivity index (χ2v) is 2.67. The highest BCUT2D eigenvalue weighted by atomic mass is 16.4. The summed E-state index contributed by atoms with van der Waals surface area (Å²) in [5.74, 6) is -1.24. The molecule has 0 spiro atoms. The number of carbonyl (C=O) groups is 1. The van der Waals surface area contributed by atoms with Crippen LogP contribution in [0, 0.1) is 6.92 Å². The standard InChI is InChI=1S/C8H9NO4/c1-5-2-6(10)3-7(11)9(5)4-8(12)13/h2-3,10H,4H2,1H3,(H,12,13). The highest BCUT2D eigenvalue weighted by Crippen LogP contribution is 2.06. The van der Waals surface area contributed by atoms with Gasteiger partial charge in [-0.15, -0.1) is 0 Å². The monoisotopic (exact) mass is 183 g/mol. The van der Waals surface area contributed by atoms with E-state index in [1.54, 1.807) is 6.92 Å². The Hall–Kier alpha value is -1.78. The molecule has 70 valence electrons. The zero-order chi connectivity index (χ0) is 10.0. The number of pyridine rings is 1. The van der Waals surface area contributed by atoms with Crippen molar-refractivity contribution in [3.8, 4) is 5.75 Å². The molecule has 0 unspecified atom stereocenters. The van der Waals surface area contributed by atoms with Gasteiger partial charge in [-0.1, -0.05) is 0 Å². The lowest BCUT2D eigenvalue weighted by Gasteiger charge is -2.06. The molecule has 0 aliphatic heterocycles. The van der Waals surface area contributed by atoms with E-state index < -0.39 is 11.5 Å². The third kappa shape index (κ3) is 2.08. The van der Waals surface area contributed by atoms with Crippen molar-refractivity contribution in [3.05, 3.63) is 28.2 Å². The number of hydrogen-bond donors (Lipinski definition) is 2. The van der Waals surface area contributed by atoms with Gasteiger partial charge in [0.1, 0.15) is 12.3 Å². The van der Waals surface area contributed by atoms with Crippen LogP contribution in [0.5, 0.6) is 5.75 Å². The van der Waals surface area contributed by atoms with Crippen molar-refractivity contribution in [2.75, 3.05) is 0 Å². The third-order valence-electron chi connectivity index (χ3n) is 1.61. The molecular weight excluding hydrogens is 174 g/mol. The van der Waals surface area contributed by atoms with Crippen LogP contribution in [0.3, 0.4) is 0 Å². The molecule has 0 atom stereocenters. The average molecular weight is 183 g/mol. The average Bonchev–Trinajstić information content (AvgIpc) is 1.96. The Kier molecular flexibility index (Phi) is 2.36. The van der Waals surface area contributed by atoms with Crippen molar-refractivity contribution in [2.24, 2.45) is 0 Å². The summed E-state index contributed by atoms with van der Waals surface area (Å²) in [6, 6.07) is 2.32. The van der Waals surface area contributed by atoms with Crippen LogP contribution in [-0.2, 0) is 11.3 Å². The Morgan fingerprint density at radius 2 is 2.15 bits per heavy atom. The maximum Gasteiger partial charge on any atom is 0.323 e. The van der Waals surface area contributed by atoms with Gasteiger partial charge in [0, 0.05) is 11.8 Å². The van der Waals surface area contributed by atoms with E-state index >= 15 is 0 Å². The largest absolute Gasteiger partial charge is 0.508 e. The minimum atomic E-state index is -1.09. The van der Waals surface area contributed by atoms with Gasteiger partial charge in [-0.25, -0.2) is 0 Å². The molecule has 0 aliphatic carbocycles. The molecule has 2 N–H and O–H groups in total. The van der Waals surface area contributed by atoms with Crippen molar-refractivity contribution < 1.29 is 15.0 Å². The highest BCUT2D eigenvalue weighted by molar-refractivity contribution is 5.66. The Balaban J connectivity index is 3.21. The predicted octanol–water partition coefficient (Wildman–Crippen LogP) is -0.0531. The molecule has 0 amide bonds. The summed E-state index contributed by atoms with van der Waals surface area (Å²) in [4.78, 5) is 21.5. The zero-order valence-corrected chi connectivity index (χ0v) is 7.02. The molecule has 0 saturated carbocycles. The highest BCUT2D eigenvalue weighted by Gasteiger charge is 2.05. The van der Waals surface area contributed by atoms with E-state index in [-0.39, 0.29) is 12.3 Å². The second kappa shape index (κ2) is 3.30. The lowest BCUT2D eigenvalue weighted by Crippen LogP contribution is -2.24. The van der Waals surface area contributed by atoms with Crippen molar-refractivity contribution in [3.63, 3.8) is 0 Å². The van der Waals surface area contributed by atoms with Crippen LogP contribution in [0.4, 0.5) is 0 Å². The molecule has 0 bridgehead atoms. The summed E-state index contributed by atoms with van der Waals surface area (Å²) >= 11 is 0. The van der Waals surface area contributed by atoms with Crippen molar-refractivity contribution in [2.45, 2.75) is 13.5 Å². The van der Waals surface area contributed by atoms with Crippen molar-refractivity contribution in [1.29, 1.82) is 0 Å². The van der Waals surface area contributed by atoms with Gasteiger partial charge < -0.3 is 14.8 Å². The summed E-state index contributed by atoms with van der Waals surface area (Å²) in [5, 5.41) is 17.5. The fourth-order valence-electron chi connectivity index (χ4n) is 1.05. The van der Waals surface area contributed by atoms with Crippen molar-refractivity contribution in [1.82, 2.24) is 4.57 Å². The topological polar surface area (TPSA) is 79.5 Å². The number of nitrogens with zero attached hydrogens (tertiary/aromatic N) is 1. The molecule has 0 fully saturated rings. The van der Waals surface area contributed by atoms with Crippen LogP contribution in [-0.4, -0.2) is 20.7 Å². The van der Waals surface area contributed by atoms with Gasteiger partial charge in [-0.2, -0.15) is 0 Å². The van der Waals surface area contributed by atoms with Gasteiger partial charge >= 0.3 is 5.97 Å². The van der Waals surface area contributed by atoms with Crippen LogP contribution >= 0.6 is 0 Å². The first-order valence-electron chi connectivity index (χ1n) is 3.63. The van der Waals surface area contributed by atoms with Gasteiger partial charge in [0.25, 0.3) is 5.56 Å². The number of aliphatic carboxylic acids is 1. The fraction of sp³-hybridized carbons (Fsp3) is 0.250. The van der Waals surface area contributed by atoms with Crippen LogP contribution < -0.4 is 5.56 Å². The normalized spacial score (nSPS) is 9.92. The number of aromatic hydroxyl groups is 1. The number of rotatable bonds is 2. The second-order valence-electron chi connectivity index (χ2n) is 2.67. The number of aromatic nitrogens is 1. The molecule has 5 heteroatoms. The van der Waals surface area contributed by atoms with Gasteiger partial charge in [0.2, 0.25) is 0 Å². The number of carboxylic acids is 1. The zero-order valence-electron chi connectivity index (χ0n) is 7.02. The summed E-state index contributed by atoms with van der Waals surface area (Å²) in [6.45, 7) is 1.18.